The van der Waals surface area contributed by atoms with Gasteiger partial charge >= 0.3 is 6.18 Å². The number of benzene rings is 2. The molecule has 1 aromatic heterocycles. The largest absolute Gasteiger partial charge is 0.507 e. The number of aryl methyl sites for hydroxylation is 1. The summed E-state index contributed by atoms with van der Waals surface area (Å²) in [5.41, 5.74) is -0.517. The molecule has 2 heterocycles. The number of hydrogen-bond donors (Lipinski definition) is 1. The molecular weight excluding hydrogens is 423 g/mol. The molecule has 1 unspecified atom stereocenters. The van der Waals surface area contributed by atoms with Gasteiger partial charge in [0.15, 0.2) is 0 Å². The minimum Gasteiger partial charge on any atom is -0.507 e. The zero-order valence-electron chi connectivity index (χ0n) is 16.9. The van der Waals surface area contributed by atoms with Crippen molar-refractivity contribution in [3.05, 3.63) is 101 Å². The van der Waals surface area contributed by atoms with E-state index < -0.39 is 29.5 Å². The van der Waals surface area contributed by atoms with Crippen molar-refractivity contribution in [2.45, 2.75) is 25.7 Å². The van der Waals surface area contributed by atoms with Crippen molar-refractivity contribution in [1.29, 1.82) is 0 Å². The maximum Gasteiger partial charge on any atom is 0.416 e. The molecule has 1 amide bonds. The first-order valence-electron chi connectivity index (χ1n) is 9.73. The second-order valence-electron chi connectivity index (χ2n) is 7.44. The topological polar surface area (TPSA) is 70.8 Å². The van der Waals surface area contributed by atoms with Crippen LogP contribution in [0.2, 0.25) is 0 Å². The Morgan fingerprint density at radius 1 is 1.03 bits per heavy atom. The molecule has 4 rings (SSSR count). The van der Waals surface area contributed by atoms with E-state index in [1.807, 2.05) is 0 Å². The Morgan fingerprint density at radius 3 is 2.38 bits per heavy atom. The summed E-state index contributed by atoms with van der Waals surface area (Å²) >= 11 is 0. The number of furan rings is 1. The lowest BCUT2D eigenvalue weighted by Crippen LogP contribution is -2.29. The molecule has 0 aliphatic carbocycles. The van der Waals surface area contributed by atoms with Gasteiger partial charge in [0.2, 0.25) is 0 Å². The van der Waals surface area contributed by atoms with Gasteiger partial charge in [-0.05, 0) is 36.8 Å². The number of carbonyl (C=O) groups is 2. The molecule has 164 valence electrons. The molecule has 32 heavy (non-hydrogen) atoms. The second kappa shape index (κ2) is 8.03. The smallest absolute Gasteiger partial charge is 0.416 e. The Balaban J connectivity index is 1.82. The van der Waals surface area contributed by atoms with Crippen LogP contribution in [-0.4, -0.2) is 21.7 Å². The van der Waals surface area contributed by atoms with E-state index in [1.165, 1.54) is 12.1 Å². The van der Waals surface area contributed by atoms with E-state index in [-0.39, 0.29) is 29.2 Å². The Kier molecular flexibility index (Phi) is 5.38. The number of carbonyl (C=O) groups excluding carboxylic acids is 2. The number of rotatable bonds is 4. The van der Waals surface area contributed by atoms with Crippen LogP contribution in [0.4, 0.5) is 13.2 Å². The SMILES string of the molecule is Cc1ccc(C2/C(=C(/O)c3ccccc3)C(=O)C(=O)N2Cc2cccc(C(F)(F)F)c2)o1. The van der Waals surface area contributed by atoms with Crippen molar-refractivity contribution in [2.24, 2.45) is 0 Å². The van der Waals surface area contributed by atoms with Crippen molar-refractivity contribution in [3.63, 3.8) is 0 Å². The first-order chi connectivity index (χ1) is 15.2. The molecule has 5 nitrogen and oxygen atoms in total. The van der Waals surface area contributed by atoms with Crippen LogP contribution in [0.3, 0.4) is 0 Å². The van der Waals surface area contributed by atoms with Gasteiger partial charge in [-0.3, -0.25) is 9.59 Å². The van der Waals surface area contributed by atoms with Gasteiger partial charge in [-0.15, -0.1) is 0 Å². The fourth-order valence-corrected chi connectivity index (χ4v) is 3.73. The molecule has 1 atom stereocenters. The molecule has 1 fully saturated rings. The Hall–Kier alpha value is -3.81. The van der Waals surface area contributed by atoms with Crippen molar-refractivity contribution >= 4 is 17.4 Å². The number of likely N-dealkylation sites (tertiary alicyclic amines) is 1. The molecule has 0 saturated carbocycles. The monoisotopic (exact) mass is 441 g/mol. The van der Waals surface area contributed by atoms with Crippen LogP contribution in [0, 0.1) is 6.92 Å². The predicted octanol–water partition coefficient (Wildman–Crippen LogP) is 5.23. The van der Waals surface area contributed by atoms with Crippen molar-refractivity contribution in [2.75, 3.05) is 0 Å². The number of halogens is 3. The summed E-state index contributed by atoms with van der Waals surface area (Å²) in [5, 5.41) is 10.9. The van der Waals surface area contributed by atoms with Gasteiger partial charge in [0.25, 0.3) is 11.7 Å². The summed E-state index contributed by atoms with van der Waals surface area (Å²) in [6.45, 7) is 1.41. The minimum atomic E-state index is -4.55. The number of alkyl halides is 3. The molecule has 0 radical (unpaired) electrons. The van der Waals surface area contributed by atoms with E-state index in [4.69, 9.17) is 4.42 Å². The summed E-state index contributed by atoms with van der Waals surface area (Å²) < 4.78 is 45.0. The van der Waals surface area contributed by atoms with E-state index in [0.717, 1.165) is 17.0 Å². The van der Waals surface area contributed by atoms with Gasteiger partial charge in [0.1, 0.15) is 23.3 Å². The summed E-state index contributed by atoms with van der Waals surface area (Å²) in [6.07, 6.45) is -4.55. The first-order valence-corrected chi connectivity index (χ1v) is 9.73. The van der Waals surface area contributed by atoms with Crippen LogP contribution in [0.5, 0.6) is 0 Å². The maximum atomic E-state index is 13.1. The van der Waals surface area contributed by atoms with E-state index in [1.54, 1.807) is 49.4 Å². The normalized spacial score (nSPS) is 18.4. The molecule has 1 N–H and O–H groups in total. The average Bonchev–Trinajstić information content (AvgIpc) is 3.30. The molecule has 2 aromatic carbocycles. The molecule has 8 heteroatoms. The van der Waals surface area contributed by atoms with E-state index in [2.05, 4.69) is 0 Å². The third-order valence-corrected chi connectivity index (χ3v) is 5.23. The van der Waals surface area contributed by atoms with Gasteiger partial charge in [-0.25, -0.2) is 0 Å². The second-order valence-corrected chi connectivity index (χ2v) is 7.44. The summed E-state index contributed by atoms with van der Waals surface area (Å²) in [7, 11) is 0. The third kappa shape index (κ3) is 3.91. The van der Waals surface area contributed by atoms with Crippen molar-refractivity contribution in [3.8, 4) is 0 Å². The van der Waals surface area contributed by atoms with Gasteiger partial charge in [-0.1, -0.05) is 42.5 Å². The van der Waals surface area contributed by atoms with Crippen LogP contribution >= 0.6 is 0 Å². The van der Waals surface area contributed by atoms with Gasteiger partial charge in [0.05, 0.1) is 11.1 Å². The minimum absolute atomic E-state index is 0.178. The fraction of sp³-hybridized carbons (Fsp3) is 0.167. The maximum absolute atomic E-state index is 13.1. The first kappa shape index (κ1) is 21.4. The van der Waals surface area contributed by atoms with Crippen LogP contribution in [0.15, 0.2) is 76.7 Å². The lowest BCUT2D eigenvalue weighted by atomic mass is 9.99. The highest BCUT2D eigenvalue weighted by Gasteiger charge is 2.47. The van der Waals surface area contributed by atoms with Gasteiger partial charge < -0.3 is 14.4 Å². The third-order valence-electron chi connectivity index (χ3n) is 5.23. The standard InChI is InChI=1S/C24H18F3NO4/c1-14-10-11-18(32-14)20-19(21(29)16-7-3-2-4-8-16)22(30)23(31)28(20)13-15-6-5-9-17(12-15)24(25,26)27/h2-12,20,29H,13H2,1H3/b21-19-. The predicted molar refractivity (Wildman–Crippen MR) is 109 cm³/mol. The van der Waals surface area contributed by atoms with Crippen molar-refractivity contribution < 1.29 is 32.3 Å². The van der Waals surface area contributed by atoms with Crippen LogP contribution in [0.25, 0.3) is 5.76 Å². The van der Waals surface area contributed by atoms with E-state index in [9.17, 15) is 27.9 Å². The molecule has 1 aliphatic heterocycles. The number of nitrogens with zero attached hydrogens (tertiary/aromatic N) is 1. The fourth-order valence-electron chi connectivity index (χ4n) is 3.73. The quantitative estimate of drug-likeness (QED) is 0.342. The number of ketones is 1. The molecule has 0 bridgehead atoms. The Bertz CT molecular complexity index is 1210. The molecule has 3 aromatic rings. The number of Topliss-reactive ketones (excluding diaryl/α,β-unsaturated/α-hetero) is 1. The summed E-state index contributed by atoms with van der Waals surface area (Å²) in [4.78, 5) is 26.9. The average molecular weight is 441 g/mol. The summed E-state index contributed by atoms with van der Waals surface area (Å²) in [6, 6.07) is 14.9. The van der Waals surface area contributed by atoms with Crippen LogP contribution < -0.4 is 0 Å². The van der Waals surface area contributed by atoms with Crippen LogP contribution in [-0.2, 0) is 22.3 Å². The van der Waals surface area contributed by atoms with E-state index >= 15 is 0 Å². The number of aliphatic hydroxyl groups is 1. The van der Waals surface area contributed by atoms with Crippen LogP contribution in [0.1, 0.15) is 34.3 Å². The molecule has 0 spiro atoms. The van der Waals surface area contributed by atoms with Gasteiger partial charge in [0, 0.05) is 12.1 Å². The highest BCUT2D eigenvalue weighted by molar-refractivity contribution is 6.46. The highest BCUT2D eigenvalue weighted by atomic mass is 19.4. The lowest BCUT2D eigenvalue weighted by molar-refractivity contribution is -0.140. The van der Waals surface area contributed by atoms with Crippen molar-refractivity contribution in [1.82, 2.24) is 4.90 Å². The number of aliphatic hydroxyl groups excluding tert-OH is 1. The number of amides is 1. The van der Waals surface area contributed by atoms with E-state index in [0.29, 0.717) is 11.3 Å². The molecule has 1 saturated heterocycles. The zero-order valence-corrected chi connectivity index (χ0v) is 16.9. The molecule has 1 aliphatic rings. The Morgan fingerprint density at radius 2 is 1.75 bits per heavy atom. The highest BCUT2D eigenvalue weighted by Crippen LogP contribution is 2.41. The summed E-state index contributed by atoms with van der Waals surface area (Å²) in [5.74, 6) is -1.50. The zero-order chi connectivity index (χ0) is 23.0. The molecular formula is C24H18F3NO4. The van der Waals surface area contributed by atoms with Gasteiger partial charge in [-0.2, -0.15) is 13.2 Å². The lowest BCUT2D eigenvalue weighted by Gasteiger charge is -2.23. The Labute approximate surface area is 181 Å². The number of hydrogen-bond acceptors (Lipinski definition) is 4.